The zero-order valence-corrected chi connectivity index (χ0v) is 15.8. The number of benzene rings is 2. The molecule has 0 saturated carbocycles. The third-order valence-corrected chi connectivity index (χ3v) is 5.40. The Morgan fingerprint density at radius 1 is 1.09 bits per heavy atom. The van der Waals surface area contributed by atoms with Gasteiger partial charge in [-0.3, -0.25) is 0 Å². The molecule has 23 heavy (non-hydrogen) atoms. The van der Waals surface area contributed by atoms with Crippen LogP contribution in [-0.4, -0.2) is 0 Å². The molecule has 0 unspecified atom stereocenters. The van der Waals surface area contributed by atoms with Crippen molar-refractivity contribution in [1.82, 2.24) is 0 Å². The molecule has 1 aliphatic rings. The summed E-state index contributed by atoms with van der Waals surface area (Å²) in [5.74, 6) is 0. The molecule has 0 spiro atoms. The third kappa shape index (κ3) is 3.20. The van der Waals surface area contributed by atoms with Crippen LogP contribution in [0.3, 0.4) is 0 Å². The SMILES string of the molecule is C=C/C=C(\C=C1/Cc2ccccc2C1(C)C)c1ccc(I)cc1. The Morgan fingerprint density at radius 2 is 1.78 bits per heavy atom. The molecule has 0 aliphatic heterocycles. The standard InChI is InChI=1S/C22H21I/c1-4-7-17(16-10-12-20(23)13-11-16)14-19-15-18-8-5-6-9-21(18)22(19,2)3/h4-14H,1,15H2,2-3H3/b17-7+,19-14+. The van der Waals surface area contributed by atoms with Crippen LogP contribution in [-0.2, 0) is 11.8 Å². The summed E-state index contributed by atoms with van der Waals surface area (Å²) in [6.07, 6.45) is 7.36. The molecule has 1 aliphatic carbocycles. The van der Waals surface area contributed by atoms with Crippen molar-refractivity contribution in [3.05, 3.63) is 99.2 Å². The predicted octanol–water partition coefficient (Wildman–Crippen LogP) is 6.32. The van der Waals surface area contributed by atoms with Crippen molar-refractivity contribution in [2.45, 2.75) is 25.7 Å². The van der Waals surface area contributed by atoms with Gasteiger partial charge in [0.2, 0.25) is 0 Å². The lowest BCUT2D eigenvalue weighted by molar-refractivity contribution is 0.644. The number of allylic oxidation sites excluding steroid dienone is 5. The van der Waals surface area contributed by atoms with Gasteiger partial charge in [0.15, 0.2) is 0 Å². The number of hydrogen-bond donors (Lipinski definition) is 0. The van der Waals surface area contributed by atoms with E-state index in [9.17, 15) is 0 Å². The van der Waals surface area contributed by atoms with Crippen molar-refractivity contribution >= 4 is 28.2 Å². The molecule has 0 radical (unpaired) electrons. The van der Waals surface area contributed by atoms with E-state index in [1.165, 1.54) is 31.4 Å². The summed E-state index contributed by atoms with van der Waals surface area (Å²) in [5, 5.41) is 0. The maximum absolute atomic E-state index is 3.89. The summed E-state index contributed by atoms with van der Waals surface area (Å²) in [7, 11) is 0. The molecular weight excluding hydrogens is 391 g/mol. The van der Waals surface area contributed by atoms with Gasteiger partial charge in [0.05, 0.1) is 0 Å². The first kappa shape index (κ1) is 16.3. The molecule has 0 aromatic heterocycles. The van der Waals surface area contributed by atoms with Crippen molar-refractivity contribution in [2.75, 3.05) is 0 Å². The normalized spacial score (nSPS) is 18.0. The summed E-state index contributed by atoms with van der Waals surface area (Å²) < 4.78 is 1.26. The van der Waals surface area contributed by atoms with E-state index < -0.39 is 0 Å². The van der Waals surface area contributed by atoms with Gasteiger partial charge >= 0.3 is 0 Å². The number of hydrogen-bond acceptors (Lipinski definition) is 0. The summed E-state index contributed by atoms with van der Waals surface area (Å²) >= 11 is 2.34. The first-order chi connectivity index (χ1) is 11.0. The smallest absolute Gasteiger partial charge is 0.0130 e. The van der Waals surface area contributed by atoms with Crippen LogP contribution in [0.1, 0.15) is 30.5 Å². The monoisotopic (exact) mass is 412 g/mol. The van der Waals surface area contributed by atoms with Crippen LogP contribution in [0.25, 0.3) is 5.57 Å². The van der Waals surface area contributed by atoms with Gasteiger partial charge in [-0.1, -0.05) is 80.6 Å². The zero-order valence-electron chi connectivity index (χ0n) is 13.6. The summed E-state index contributed by atoms with van der Waals surface area (Å²) in [6.45, 7) is 8.53. The van der Waals surface area contributed by atoms with E-state index in [1.807, 2.05) is 6.08 Å². The topological polar surface area (TPSA) is 0 Å². The molecule has 0 bridgehead atoms. The molecule has 0 saturated heterocycles. The zero-order chi connectivity index (χ0) is 16.4. The van der Waals surface area contributed by atoms with E-state index >= 15 is 0 Å². The minimum atomic E-state index is 0.0834. The Balaban J connectivity index is 2.04. The van der Waals surface area contributed by atoms with Gasteiger partial charge in [0.25, 0.3) is 0 Å². The second-order valence-electron chi connectivity index (χ2n) is 6.49. The van der Waals surface area contributed by atoms with E-state index in [0.29, 0.717) is 0 Å². The lowest BCUT2D eigenvalue weighted by Gasteiger charge is -2.22. The largest absolute Gasteiger partial charge is 0.0990 e. The summed E-state index contributed by atoms with van der Waals surface area (Å²) in [6, 6.07) is 17.5. The highest BCUT2D eigenvalue weighted by Crippen LogP contribution is 2.43. The molecule has 0 fully saturated rings. The number of halogens is 1. The third-order valence-electron chi connectivity index (χ3n) is 4.68. The Kier molecular flexibility index (Phi) is 4.58. The molecule has 2 aromatic rings. The van der Waals surface area contributed by atoms with Gasteiger partial charge in [-0.25, -0.2) is 0 Å². The van der Waals surface area contributed by atoms with Crippen LogP contribution in [0.2, 0.25) is 0 Å². The minimum Gasteiger partial charge on any atom is -0.0990 e. The van der Waals surface area contributed by atoms with Gasteiger partial charge < -0.3 is 0 Å². The van der Waals surface area contributed by atoms with Crippen molar-refractivity contribution < 1.29 is 0 Å². The fraction of sp³-hybridized carbons (Fsp3) is 0.182. The van der Waals surface area contributed by atoms with Crippen LogP contribution in [0.15, 0.2) is 78.9 Å². The first-order valence-electron chi connectivity index (χ1n) is 7.90. The molecule has 0 heterocycles. The molecule has 0 N–H and O–H groups in total. The number of rotatable bonds is 3. The average Bonchev–Trinajstić information content (AvgIpc) is 2.79. The highest BCUT2D eigenvalue weighted by atomic mass is 127. The van der Waals surface area contributed by atoms with E-state index in [4.69, 9.17) is 0 Å². The maximum atomic E-state index is 3.89. The number of fused-ring (bicyclic) bond motifs is 1. The predicted molar refractivity (Wildman–Crippen MR) is 109 cm³/mol. The van der Waals surface area contributed by atoms with E-state index in [0.717, 1.165) is 6.42 Å². The fourth-order valence-electron chi connectivity index (χ4n) is 3.30. The Bertz CT molecular complexity index is 789. The van der Waals surface area contributed by atoms with Crippen LogP contribution < -0.4 is 0 Å². The fourth-order valence-corrected chi connectivity index (χ4v) is 3.66. The molecule has 0 amide bonds. The molecule has 3 rings (SSSR count). The molecule has 1 heteroatoms. The Hall–Kier alpha value is -1.61. The van der Waals surface area contributed by atoms with Crippen LogP contribution in [0.4, 0.5) is 0 Å². The van der Waals surface area contributed by atoms with Gasteiger partial charge in [0, 0.05) is 8.99 Å². The lowest BCUT2D eigenvalue weighted by Crippen LogP contribution is -2.15. The summed E-state index contributed by atoms with van der Waals surface area (Å²) in [5.41, 5.74) is 6.92. The van der Waals surface area contributed by atoms with Crippen molar-refractivity contribution in [3.63, 3.8) is 0 Å². The first-order valence-corrected chi connectivity index (χ1v) is 8.98. The average molecular weight is 412 g/mol. The Labute approximate surface area is 152 Å². The molecule has 116 valence electrons. The highest BCUT2D eigenvalue weighted by molar-refractivity contribution is 14.1. The van der Waals surface area contributed by atoms with Gasteiger partial charge in [-0.2, -0.15) is 0 Å². The van der Waals surface area contributed by atoms with Crippen molar-refractivity contribution in [3.8, 4) is 0 Å². The van der Waals surface area contributed by atoms with Gasteiger partial charge in [0.1, 0.15) is 0 Å². The van der Waals surface area contributed by atoms with Crippen molar-refractivity contribution in [1.29, 1.82) is 0 Å². The Morgan fingerprint density at radius 3 is 2.43 bits per heavy atom. The minimum absolute atomic E-state index is 0.0834. The molecule has 0 atom stereocenters. The molecule has 2 aromatic carbocycles. The quantitative estimate of drug-likeness (QED) is 0.409. The van der Waals surface area contributed by atoms with E-state index in [1.54, 1.807) is 0 Å². The van der Waals surface area contributed by atoms with Gasteiger partial charge in [-0.15, -0.1) is 0 Å². The van der Waals surface area contributed by atoms with Crippen LogP contribution in [0, 0.1) is 3.57 Å². The lowest BCUT2D eigenvalue weighted by atomic mass is 9.81. The van der Waals surface area contributed by atoms with E-state index in [-0.39, 0.29) is 5.41 Å². The maximum Gasteiger partial charge on any atom is 0.0130 e. The molecular formula is C22H21I. The highest BCUT2D eigenvalue weighted by Gasteiger charge is 2.34. The van der Waals surface area contributed by atoms with Crippen molar-refractivity contribution in [2.24, 2.45) is 0 Å². The van der Waals surface area contributed by atoms with Gasteiger partial charge in [-0.05, 0) is 63.4 Å². The van der Waals surface area contributed by atoms with E-state index in [2.05, 4.69) is 104 Å². The second-order valence-corrected chi connectivity index (χ2v) is 7.74. The second kappa shape index (κ2) is 6.48. The summed E-state index contributed by atoms with van der Waals surface area (Å²) in [4.78, 5) is 0. The van der Waals surface area contributed by atoms with Crippen LogP contribution in [0.5, 0.6) is 0 Å². The molecule has 0 nitrogen and oxygen atoms in total. The van der Waals surface area contributed by atoms with Crippen LogP contribution >= 0.6 is 22.6 Å².